The number of hydrogen-bond donors (Lipinski definition) is 1. The van der Waals surface area contributed by atoms with Crippen LogP contribution >= 0.6 is 11.3 Å². The molecule has 2 fully saturated rings. The number of halogens is 2. The van der Waals surface area contributed by atoms with Gasteiger partial charge in [-0.25, -0.2) is 36.8 Å². The number of carbonyl (C=O) groups excluding carboxylic acids is 2. The molecular formula is C36H39F2N7O7S2. The van der Waals surface area contributed by atoms with Gasteiger partial charge in [0.05, 0.1) is 46.5 Å². The summed E-state index contributed by atoms with van der Waals surface area (Å²) < 4.78 is 76.6. The highest BCUT2D eigenvalue weighted by molar-refractivity contribution is 7.91. The lowest BCUT2D eigenvalue weighted by Gasteiger charge is -2.42. The van der Waals surface area contributed by atoms with Crippen molar-refractivity contribution in [3.8, 4) is 17.3 Å². The number of anilines is 2. The average molecular weight is 784 g/mol. The Bertz CT molecular complexity index is 2390. The fourth-order valence-corrected chi connectivity index (χ4v) is 9.02. The Balaban J connectivity index is 1.44. The van der Waals surface area contributed by atoms with Crippen molar-refractivity contribution in [3.05, 3.63) is 34.5 Å². The average Bonchev–Trinajstić information content (AvgIpc) is 3.77. The van der Waals surface area contributed by atoms with Gasteiger partial charge in [-0.15, -0.1) is 11.3 Å². The van der Waals surface area contributed by atoms with E-state index in [0.717, 1.165) is 17.5 Å². The molecule has 2 saturated heterocycles. The third-order valence-electron chi connectivity index (χ3n) is 9.43. The normalized spacial score (nSPS) is 18.6. The first-order valence-corrected chi connectivity index (χ1v) is 19.9. The van der Waals surface area contributed by atoms with E-state index >= 15 is 8.78 Å². The van der Waals surface area contributed by atoms with Crippen LogP contribution in [0.15, 0.2) is 11.4 Å². The first-order valence-electron chi connectivity index (χ1n) is 17.4. The molecule has 18 heteroatoms. The summed E-state index contributed by atoms with van der Waals surface area (Å²) in [6.07, 6.45) is 0.895. The number of piperazine rings is 1. The minimum Gasteiger partial charge on any atom is -0.444 e. The van der Waals surface area contributed by atoms with E-state index < -0.39 is 50.0 Å². The molecule has 2 bridgehead atoms. The van der Waals surface area contributed by atoms with Gasteiger partial charge in [0, 0.05) is 36.1 Å². The Kier molecular flexibility index (Phi) is 9.21. The van der Waals surface area contributed by atoms with Gasteiger partial charge in [-0.2, -0.15) is 5.26 Å². The number of nitrogens with zero attached hydrogens (tertiary/aromatic N) is 6. The van der Waals surface area contributed by atoms with Crippen LogP contribution in [-0.4, -0.2) is 82.6 Å². The number of benzene rings is 1. The SMILES string of the molecule is CCS(=O)(=O)c1nc(N2C3CCC2CN(C(=O)OC(C)(C)C)C3)c2c3c(c(-c4ncc(F)c5sc(NC(=O)OC(C)(C)C)c(C#N)c45)c(F)c2n1)COC3. The van der Waals surface area contributed by atoms with Crippen molar-refractivity contribution in [2.45, 2.75) is 103 Å². The van der Waals surface area contributed by atoms with Crippen molar-refractivity contribution in [1.29, 1.82) is 5.26 Å². The summed E-state index contributed by atoms with van der Waals surface area (Å²) in [4.78, 5) is 42.6. The van der Waals surface area contributed by atoms with Gasteiger partial charge >= 0.3 is 12.2 Å². The van der Waals surface area contributed by atoms with Crippen LogP contribution in [0.4, 0.5) is 29.2 Å². The number of nitrogens with one attached hydrogen (secondary N) is 1. The number of hydrogen-bond acceptors (Lipinski definition) is 13. The van der Waals surface area contributed by atoms with E-state index in [0.29, 0.717) is 24.0 Å². The topological polar surface area (TPSA) is 177 Å². The molecule has 0 aliphatic carbocycles. The highest BCUT2D eigenvalue weighted by Gasteiger charge is 2.45. The molecular weight excluding hydrogens is 745 g/mol. The van der Waals surface area contributed by atoms with Gasteiger partial charge in [0.15, 0.2) is 11.6 Å². The number of aromatic nitrogens is 3. The maximum atomic E-state index is 17.5. The lowest BCUT2D eigenvalue weighted by molar-refractivity contribution is 0.0209. The molecule has 14 nitrogen and oxygen atoms in total. The minimum absolute atomic E-state index is 0.00686. The van der Waals surface area contributed by atoms with Crippen molar-refractivity contribution in [2.75, 3.05) is 29.1 Å². The molecule has 3 aliphatic heterocycles. The predicted molar refractivity (Wildman–Crippen MR) is 196 cm³/mol. The Morgan fingerprint density at radius 2 is 1.69 bits per heavy atom. The van der Waals surface area contributed by atoms with Crippen molar-refractivity contribution in [2.24, 2.45) is 0 Å². The number of rotatable bonds is 5. The first kappa shape index (κ1) is 37.6. The molecule has 0 spiro atoms. The molecule has 1 aromatic carbocycles. The Hall–Kier alpha value is -4.73. The highest BCUT2D eigenvalue weighted by Crippen LogP contribution is 2.48. The molecule has 2 atom stereocenters. The second-order valence-electron chi connectivity index (χ2n) is 15.5. The number of likely N-dealkylation sites (tertiary alicyclic amines) is 1. The molecule has 7 rings (SSSR count). The summed E-state index contributed by atoms with van der Waals surface area (Å²) in [6, 6.07) is 1.44. The molecule has 4 aromatic rings. The summed E-state index contributed by atoms with van der Waals surface area (Å²) in [6.45, 7) is 12.3. The maximum absolute atomic E-state index is 17.5. The highest BCUT2D eigenvalue weighted by atomic mass is 32.2. The van der Waals surface area contributed by atoms with E-state index in [-0.39, 0.29) is 92.8 Å². The number of carbonyl (C=O) groups is 2. The molecule has 6 heterocycles. The fraction of sp³-hybridized carbons (Fsp3) is 0.500. The Morgan fingerprint density at radius 3 is 2.30 bits per heavy atom. The molecule has 54 heavy (non-hydrogen) atoms. The van der Waals surface area contributed by atoms with Gasteiger partial charge in [-0.05, 0) is 65.5 Å². The van der Waals surface area contributed by atoms with Gasteiger partial charge in [-0.3, -0.25) is 10.3 Å². The number of sulfone groups is 1. The van der Waals surface area contributed by atoms with Gasteiger partial charge in [0.1, 0.15) is 33.6 Å². The predicted octanol–water partition coefficient (Wildman–Crippen LogP) is 6.82. The van der Waals surface area contributed by atoms with Gasteiger partial charge in [-0.1, -0.05) is 6.92 Å². The van der Waals surface area contributed by atoms with Crippen molar-refractivity contribution in [1.82, 2.24) is 19.9 Å². The van der Waals surface area contributed by atoms with Crippen LogP contribution in [0.1, 0.15) is 78.0 Å². The fourth-order valence-electron chi connectivity index (χ4n) is 7.27. The minimum atomic E-state index is -4.08. The first-order chi connectivity index (χ1) is 25.3. The van der Waals surface area contributed by atoms with E-state index in [1.54, 1.807) is 46.4 Å². The van der Waals surface area contributed by atoms with Crippen LogP contribution in [0.25, 0.3) is 32.2 Å². The third kappa shape index (κ3) is 6.55. The Labute approximate surface area is 314 Å². The second-order valence-corrected chi connectivity index (χ2v) is 18.7. The van der Waals surface area contributed by atoms with Crippen LogP contribution < -0.4 is 10.2 Å². The molecule has 3 aromatic heterocycles. The van der Waals surface area contributed by atoms with E-state index in [4.69, 9.17) is 14.2 Å². The number of amides is 2. The summed E-state index contributed by atoms with van der Waals surface area (Å²) >= 11 is 0.772. The number of fused-ring (bicyclic) bond motifs is 6. The van der Waals surface area contributed by atoms with Gasteiger partial charge < -0.3 is 24.0 Å². The number of thiophene rings is 1. The summed E-state index contributed by atoms with van der Waals surface area (Å²) in [5.74, 6) is -1.90. The lowest BCUT2D eigenvalue weighted by Crippen LogP contribution is -2.56. The van der Waals surface area contributed by atoms with E-state index in [1.807, 2.05) is 11.0 Å². The number of pyridine rings is 1. The van der Waals surface area contributed by atoms with Crippen LogP contribution in [0, 0.1) is 23.0 Å². The van der Waals surface area contributed by atoms with Crippen LogP contribution in [0.5, 0.6) is 0 Å². The molecule has 0 saturated carbocycles. The maximum Gasteiger partial charge on any atom is 0.412 e. The standard InChI is InChI=1S/C36H39F2N7O7S2/c1-8-54(48,49)32-41-28-25(30(42-32)45-17-9-10-18(45)14-44(13-17)34(47)52-36(5,6)7)21-16-50-15-20(21)23(26(28)38)27-24-19(11-39)31(43-33(46)51-35(2,3)4)53-29(24)22(37)12-40-27/h12,17-18H,8-10,13-16H2,1-7H3,(H,43,46). The molecule has 1 N–H and O–H groups in total. The smallest absolute Gasteiger partial charge is 0.412 e. The van der Waals surface area contributed by atoms with Gasteiger partial charge in [0.2, 0.25) is 15.0 Å². The van der Waals surface area contributed by atoms with E-state index in [1.165, 1.54) is 6.92 Å². The van der Waals surface area contributed by atoms with Crippen LogP contribution in [0.3, 0.4) is 0 Å². The molecule has 0 radical (unpaired) electrons. The van der Waals surface area contributed by atoms with Crippen molar-refractivity contribution in [3.63, 3.8) is 0 Å². The zero-order chi connectivity index (χ0) is 39.1. The Morgan fingerprint density at radius 1 is 1.04 bits per heavy atom. The monoisotopic (exact) mass is 783 g/mol. The molecule has 2 amide bonds. The molecule has 286 valence electrons. The summed E-state index contributed by atoms with van der Waals surface area (Å²) in [7, 11) is -4.08. The largest absolute Gasteiger partial charge is 0.444 e. The van der Waals surface area contributed by atoms with Crippen LogP contribution in [0.2, 0.25) is 0 Å². The number of ether oxygens (including phenoxy) is 3. The lowest BCUT2D eigenvalue weighted by atomic mass is 9.93. The van der Waals surface area contributed by atoms with Gasteiger partial charge in [0.25, 0.3) is 0 Å². The molecule has 2 unspecified atom stereocenters. The van der Waals surface area contributed by atoms with E-state index in [2.05, 4.69) is 20.3 Å². The summed E-state index contributed by atoms with van der Waals surface area (Å²) in [5, 5.41) is 12.5. The zero-order valence-electron chi connectivity index (χ0n) is 30.8. The van der Waals surface area contributed by atoms with Crippen molar-refractivity contribution < 1.29 is 41.0 Å². The van der Waals surface area contributed by atoms with Crippen LogP contribution in [-0.2, 0) is 37.3 Å². The zero-order valence-corrected chi connectivity index (χ0v) is 32.4. The quantitative estimate of drug-likeness (QED) is 0.210. The second kappa shape index (κ2) is 13.2. The van der Waals surface area contributed by atoms with Crippen molar-refractivity contribution >= 4 is 65.2 Å². The third-order valence-corrected chi connectivity index (χ3v) is 12.0. The van der Waals surface area contributed by atoms with E-state index in [9.17, 15) is 23.3 Å². The number of nitriles is 1. The summed E-state index contributed by atoms with van der Waals surface area (Å²) in [5.41, 5.74) is -1.43. The molecule has 3 aliphatic rings.